The van der Waals surface area contributed by atoms with Gasteiger partial charge in [-0.15, -0.1) is 0 Å². The summed E-state index contributed by atoms with van der Waals surface area (Å²) in [6, 6.07) is 15.4. The fourth-order valence-corrected chi connectivity index (χ4v) is 2.49. The smallest absolute Gasteiger partial charge is 0.267 e. The van der Waals surface area contributed by atoms with Crippen LogP contribution in [0.5, 0.6) is 0 Å². The first-order chi connectivity index (χ1) is 13.1. The molecule has 27 heavy (non-hydrogen) atoms. The second kappa shape index (κ2) is 10.7. The Morgan fingerprint density at radius 2 is 1.81 bits per heavy atom. The number of unbranched alkanes of at least 4 members (excludes halogenated alkanes) is 2. The van der Waals surface area contributed by atoms with Crippen molar-refractivity contribution in [3.8, 4) is 0 Å². The van der Waals surface area contributed by atoms with Gasteiger partial charge in [0.15, 0.2) is 0 Å². The van der Waals surface area contributed by atoms with Crippen molar-refractivity contribution >= 4 is 23.9 Å². The van der Waals surface area contributed by atoms with Crippen molar-refractivity contribution < 1.29 is 9.72 Å². The van der Waals surface area contributed by atoms with Crippen molar-refractivity contribution in [1.82, 2.24) is 5.43 Å². The summed E-state index contributed by atoms with van der Waals surface area (Å²) < 4.78 is 0. The normalized spacial score (nSPS) is 11.5. The summed E-state index contributed by atoms with van der Waals surface area (Å²) in [5.74, 6) is -0.409. The van der Waals surface area contributed by atoms with Crippen molar-refractivity contribution in [3.05, 3.63) is 81.4 Å². The number of hydrogen-bond donors (Lipinski definition) is 1. The summed E-state index contributed by atoms with van der Waals surface area (Å²) in [7, 11) is 0. The monoisotopic (exact) mass is 365 g/mol. The highest BCUT2D eigenvalue weighted by atomic mass is 16.6. The number of nitro groups is 1. The van der Waals surface area contributed by atoms with Gasteiger partial charge in [0.25, 0.3) is 11.6 Å². The maximum Gasteiger partial charge on any atom is 0.271 e. The minimum absolute atomic E-state index is 0.0564. The molecule has 0 aliphatic carbocycles. The van der Waals surface area contributed by atoms with Crippen molar-refractivity contribution in [1.29, 1.82) is 0 Å². The molecule has 140 valence electrons. The summed E-state index contributed by atoms with van der Waals surface area (Å²) in [6.45, 7) is 2.15. The van der Waals surface area contributed by atoms with E-state index >= 15 is 0 Å². The van der Waals surface area contributed by atoms with Crippen LogP contribution < -0.4 is 5.43 Å². The quantitative estimate of drug-likeness (QED) is 0.294. The molecule has 0 saturated carbocycles. The zero-order chi connectivity index (χ0) is 19.5. The van der Waals surface area contributed by atoms with Gasteiger partial charge in [0, 0.05) is 17.7 Å². The number of hydrazone groups is 1. The van der Waals surface area contributed by atoms with Gasteiger partial charge in [0.1, 0.15) is 0 Å². The van der Waals surface area contributed by atoms with E-state index in [-0.39, 0.29) is 5.69 Å². The van der Waals surface area contributed by atoms with Gasteiger partial charge in [-0.2, -0.15) is 5.10 Å². The first-order valence-corrected chi connectivity index (χ1v) is 8.93. The molecule has 0 aliphatic rings. The predicted molar refractivity (Wildman–Crippen MR) is 108 cm³/mol. The Kier molecular flexibility index (Phi) is 7.91. The van der Waals surface area contributed by atoms with Gasteiger partial charge in [-0.05, 0) is 36.1 Å². The maximum atomic E-state index is 12.1. The van der Waals surface area contributed by atoms with E-state index in [1.165, 1.54) is 24.3 Å². The highest BCUT2D eigenvalue weighted by Gasteiger charge is 2.08. The number of nitrogens with zero attached hydrogens (tertiary/aromatic N) is 2. The number of carbonyl (C=O) groups is 1. The molecule has 6 nitrogen and oxygen atoms in total. The number of nitro benzene ring substituents is 1. The van der Waals surface area contributed by atoms with Crippen LogP contribution >= 0.6 is 0 Å². The second-order valence-corrected chi connectivity index (χ2v) is 6.09. The Morgan fingerprint density at radius 3 is 2.44 bits per heavy atom. The summed E-state index contributed by atoms with van der Waals surface area (Å²) >= 11 is 0. The Balaban J connectivity index is 2.02. The molecule has 0 heterocycles. The molecule has 6 heteroatoms. The Morgan fingerprint density at radius 1 is 1.11 bits per heavy atom. The molecular weight excluding hydrogens is 342 g/mol. The first-order valence-electron chi connectivity index (χ1n) is 8.93. The van der Waals surface area contributed by atoms with Crippen LogP contribution in [0.2, 0.25) is 0 Å². The third-order valence-corrected chi connectivity index (χ3v) is 3.96. The summed E-state index contributed by atoms with van der Waals surface area (Å²) in [5.41, 5.74) is 4.84. The molecule has 0 radical (unpaired) electrons. The third kappa shape index (κ3) is 6.86. The fourth-order valence-electron chi connectivity index (χ4n) is 2.49. The standard InChI is InChI=1S/C21H23N3O3/c1-2-3-5-10-18(15-17-8-6-4-7-9-17)16-22-23-21(25)19-11-13-20(14-12-19)24(26)27/h4,6-9,11-16H,2-3,5,10H2,1H3,(H,23,25)/b18-15-,22-16+. The number of amides is 1. The van der Waals surface area contributed by atoms with Crippen LogP contribution in [0.1, 0.15) is 48.5 Å². The van der Waals surface area contributed by atoms with Gasteiger partial charge in [-0.3, -0.25) is 14.9 Å². The van der Waals surface area contributed by atoms with E-state index in [9.17, 15) is 14.9 Å². The molecule has 2 aromatic rings. The topological polar surface area (TPSA) is 84.6 Å². The average molecular weight is 365 g/mol. The van der Waals surface area contributed by atoms with E-state index in [4.69, 9.17) is 0 Å². The lowest BCUT2D eigenvalue weighted by atomic mass is 10.1. The molecule has 0 spiro atoms. The number of benzene rings is 2. The van der Waals surface area contributed by atoms with Crippen LogP contribution in [0.3, 0.4) is 0 Å². The van der Waals surface area contributed by atoms with Gasteiger partial charge in [-0.1, -0.05) is 56.2 Å². The molecule has 0 saturated heterocycles. The second-order valence-electron chi connectivity index (χ2n) is 6.09. The Labute approximate surface area is 158 Å². The van der Waals surface area contributed by atoms with E-state index in [0.717, 1.165) is 36.8 Å². The Bertz CT molecular complexity index is 812. The van der Waals surface area contributed by atoms with Gasteiger partial charge < -0.3 is 0 Å². The molecule has 2 aromatic carbocycles. The molecule has 0 aliphatic heterocycles. The minimum Gasteiger partial charge on any atom is -0.267 e. The number of nitrogens with one attached hydrogen (secondary N) is 1. The molecule has 0 unspecified atom stereocenters. The van der Waals surface area contributed by atoms with Gasteiger partial charge in [0.05, 0.1) is 11.1 Å². The SMILES string of the molecule is CCCCCC(=C/c1ccccc1)/C=N/NC(=O)c1ccc([N+](=O)[O-])cc1. The van der Waals surface area contributed by atoms with Crippen LogP contribution in [-0.2, 0) is 0 Å². The predicted octanol–water partition coefficient (Wildman–Crippen LogP) is 4.97. The third-order valence-electron chi connectivity index (χ3n) is 3.96. The first kappa shape index (κ1) is 20.0. The average Bonchev–Trinajstić information content (AvgIpc) is 2.68. The summed E-state index contributed by atoms with van der Waals surface area (Å²) in [5, 5.41) is 14.7. The zero-order valence-electron chi connectivity index (χ0n) is 15.3. The highest BCUT2D eigenvalue weighted by Crippen LogP contribution is 2.13. The lowest BCUT2D eigenvalue weighted by Crippen LogP contribution is -2.17. The van der Waals surface area contributed by atoms with E-state index in [2.05, 4.69) is 23.5 Å². The number of non-ortho nitro benzene ring substituents is 1. The lowest BCUT2D eigenvalue weighted by Gasteiger charge is -2.03. The van der Waals surface area contributed by atoms with Gasteiger partial charge in [-0.25, -0.2) is 5.43 Å². The number of rotatable bonds is 9. The van der Waals surface area contributed by atoms with E-state index in [1.807, 2.05) is 30.3 Å². The molecule has 0 aromatic heterocycles. The molecule has 1 amide bonds. The van der Waals surface area contributed by atoms with E-state index in [1.54, 1.807) is 6.21 Å². The number of hydrogen-bond acceptors (Lipinski definition) is 4. The maximum absolute atomic E-state index is 12.1. The lowest BCUT2D eigenvalue weighted by molar-refractivity contribution is -0.384. The molecule has 0 bridgehead atoms. The zero-order valence-corrected chi connectivity index (χ0v) is 15.3. The van der Waals surface area contributed by atoms with Gasteiger partial charge >= 0.3 is 0 Å². The van der Waals surface area contributed by atoms with Crippen molar-refractivity contribution in [2.75, 3.05) is 0 Å². The molecule has 0 atom stereocenters. The van der Waals surface area contributed by atoms with Crippen LogP contribution in [0, 0.1) is 10.1 Å². The minimum atomic E-state index is -0.503. The van der Waals surface area contributed by atoms with Crippen molar-refractivity contribution in [3.63, 3.8) is 0 Å². The van der Waals surface area contributed by atoms with Gasteiger partial charge in [0.2, 0.25) is 0 Å². The molecule has 0 fully saturated rings. The van der Waals surface area contributed by atoms with Crippen molar-refractivity contribution in [2.45, 2.75) is 32.6 Å². The number of allylic oxidation sites excluding steroid dienone is 1. The Hall–Kier alpha value is -3.28. The van der Waals surface area contributed by atoms with E-state index < -0.39 is 10.8 Å². The fraction of sp³-hybridized carbons (Fsp3) is 0.238. The summed E-state index contributed by atoms with van der Waals surface area (Å²) in [6.07, 6.45) is 7.90. The molecule has 1 N–H and O–H groups in total. The van der Waals surface area contributed by atoms with Crippen LogP contribution in [-0.4, -0.2) is 17.0 Å². The van der Waals surface area contributed by atoms with Crippen LogP contribution in [0.4, 0.5) is 5.69 Å². The van der Waals surface area contributed by atoms with Crippen molar-refractivity contribution in [2.24, 2.45) is 5.10 Å². The largest absolute Gasteiger partial charge is 0.271 e. The summed E-state index contributed by atoms with van der Waals surface area (Å²) in [4.78, 5) is 22.3. The van der Waals surface area contributed by atoms with Crippen LogP contribution in [0.25, 0.3) is 6.08 Å². The van der Waals surface area contributed by atoms with Crippen LogP contribution in [0.15, 0.2) is 65.3 Å². The molecular formula is C21H23N3O3. The highest BCUT2D eigenvalue weighted by molar-refractivity contribution is 5.95. The van der Waals surface area contributed by atoms with E-state index in [0.29, 0.717) is 5.56 Å². The molecule has 2 rings (SSSR count). The number of carbonyl (C=O) groups excluding carboxylic acids is 1.